The molecule has 0 unspecified atom stereocenters. The SMILES string of the molecule is CC1CCN(C(=O)Cn2cc(S(=O)(=O)CC#N)c3ccccc32)CC1. The minimum Gasteiger partial charge on any atom is -0.341 e. The number of likely N-dealkylation sites (tertiary alicyclic amines) is 1. The number of nitriles is 1. The Morgan fingerprint density at radius 3 is 2.64 bits per heavy atom. The second-order valence-electron chi connectivity index (χ2n) is 6.62. The van der Waals surface area contributed by atoms with Gasteiger partial charge in [0.25, 0.3) is 0 Å². The van der Waals surface area contributed by atoms with Gasteiger partial charge in [-0.05, 0) is 24.8 Å². The van der Waals surface area contributed by atoms with E-state index >= 15 is 0 Å². The highest BCUT2D eigenvalue weighted by Crippen LogP contribution is 2.26. The van der Waals surface area contributed by atoms with E-state index in [4.69, 9.17) is 5.26 Å². The highest BCUT2D eigenvalue weighted by atomic mass is 32.2. The number of rotatable bonds is 4. The number of hydrogen-bond donors (Lipinski definition) is 0. The van der Waals surface area contributed by atoms with Gasteiger partial charge < -0.3 is 9.47 Å². The van der Waals surface area contributed by atoms with E-state index in [0.29, 0.717) is 16.8 Å². The van der Waals surface area contributed by atoms with Gasteiger partial charge in [0.1, 0.15) is 12.3 Å². The van der Waals surface area contributed by atoms with Crippen LogP contribution in [-0.4, -0.2) is 42.6 Å². The zero-order valence-corrected chi connectivity index (χ0v) is 15.0. The van der Waals surface area contributed by atoms with Crippen molar-refractivity contribution in [3.8, 4) is 6.07 Å². The van der Waals surface area contributed by atoms with Crippen molar-refractivity contribution in [2.75, 3.05) is 18.8 Å². The maximum absolute atomic E-state index is 12.6. The second-order valence-corrected chi connectivity index (χ2v) is 8.58. The monoisotopic (exact) mass is 359 g/mol. The first-order valence-electron chi connectivity index (χ1n) is 8.37. The van der Waals surface area contributed by atoms with Gasteiger partial charge in [0.05, 0.1) is 11.0 Å². The Bertz CT molecular complexity index is 932. The fourth-order valence-electron chi connectivity index (χ4n) is 3.26. The normalized spacial score (nSPS) is 16.1. The lowest BCUT2D eigenvalue weighted by molar-refractivity contribution is -0.133. The van der Waals surface area contributed by atoms with E-state index in [1.807, 2.05) is 11.0 Å². The topological polar surface area (TPSA) is 83.2 Å². The van der Waals surface area contributed by atoms with E-state index in [9.17, 15) is 13.2 Å². The quantitative estimate of drug-likeness (QED) is 0.838. The van der Waals surface area contributed by atoms with Gasteiger partial charge in [-0.1, -0.05) is 25.1 Å². The number of nitrogens with zero attached hydrogens (tertiary/aromatic N) is 3. The Kier molecular flexibility index (Phi) is 4.82. The Labute approximate surface area is 147 Å². The molecule has 1 fully saturated rings. The maximum Gasteiger partial charge on any atom is 0.242 e. The first-order valence-corrected chi connectivity index (χ1v) is 10.0. The van der Waals surface area contributed by atoms with Crippen molar-refractivity contribution in [1.82, 2.24) is 9.47 Å². The first kappa shape index (κ1) is 17.5. The molecule has 1 aromatic carbocycles. The molecule has 2 heterocycles. The van der Waals surface area contributed by atoms with Gasteiger partial charge in [-0.3, -0.25) is 4.79 Å². The van der Waals surface area contributed by atoms with Crippen LogP contribution in [-0.2, 0) is 21.2 Å². The van der Waals surface area contributed by atoms with Crippen molar-refractivity contribution in [3.05, 3.63) is 30.5 Å². The summed E-state index contributed by atoms with van der Waals surface area (Å²) in [7, 11) is -3.69. The standard InChI is InChI=1S/C18H21N3O3S/c1-14-6-9-20(10-7-14)18(22)13-21-12-17(25(23,24)11-8-19)15-4-2-3-5-16(15)21/h2-5,12,14H,6-7,9-11,13H2,1H3. The number of carbonyl (C=O) groups excluding carboxylic acids is 1. The molecule has 132 valence electrons. The van der Waals surface area contributed by atoms with Crippen molar-refractivity contribution in [2.24, 2.45) is 5.92 Å². The zero-order chi connectivity index (χ0) is 18.0. The molecular weight excluding hydrogens is 338 g/mol. The molecule has 6 nitrogen and oxygen atoms in total. The summed E-state index contributed by atoms with van der Waals surface area (Å²) in [6.45, 7) is 3.79. The molecule has 7 heteroatoms. The molecule has 0 radical (unpaired) electrons. The van der Waals surface area contributed by atoms with Crippen LogP contribution in [0.5, 0.6) is 0 Å². The van der Waals surface area contributed by atoms with Crippen molar-refractivity contribution < 1.29 is 13.2 Å². The molecule has 0 aliphatic carbocycles. The van der Waals surface area contributed by atoms with E-state index in [2.05, 4.69) is 6.92 Å². The van der Waals surface area contributed by atoms with Crippen LogP contribution in [0.4, 0.5) is 0 Å². The maximum atomic E-state index is 12.6. The lowest BCUT2D eigenvalue weighted by atomic mass is 9.99. The number of hydrogen-bond acceptors (Lipinski definition) is 4. The Morgan fingerprint density at radius 2 is 1.96 bits per heavy atom. The van der Waals surface area contributed by atoms with Gasteiger partial charge in [0.2, 0.25) is 5.91 Å². The van der Waals surface area contributed by atoms with Crippen LogP contribution >= 0.6 is 0 Å². The average molecular weight is 359 g/mol. The van der Waals surface area contributed by atoms with Crippen LogP contribution < -0.4 is 0 Å². The van der Waals surface area contributed by atoms with Crippen LogP contribution in [0.25, 0.3) is 10.9 Å². The predicted octanol–water partition coefficient (Wildman–Crippen LogP) is 2.20. The minimum absolute atomic E-state index is 0.00288. The van der Waals surface area contributed by atoms with Gasteiger partial charge in [-0.15, -0.1) is 0 Å². The fourth-order valence-corrected chi connectivity index (χ4v) is 4.38. The van der Waals surface area contributed by atoms with Crippen LogP contribution in [0.1, 0.15) is 19.8 Å². The number of fused-ring (bicyclic) bond motifs is 1. The molecule has 1 amide bonds. The second kappa shape index (κ2) is 6.89. The van der Waals surface area contributed by atoms with E-state index in [1.165, 1.54) is 6.20 Å². The number of benzene rings is 1. The summed E-state index contributed by atoms with van der Waals surface area (Å²) in [6.07, 6.45) is 3.49. The Morgan fingerprint density at radius 1 is 1.28 bits per heavy atom. The summed E-state index contributed by atoms with van der Waals surface area (Å²) in [4.78, 5) is 14.6. The molecule has 0 atom stereocenters. The lowest BCUT2D eigenvalue weighted by Gasteiger charge is -2.30. The smallest absolute Gasteiger partial charge is 0.242 e. The van der Waals surface area contributed by atoms with Crippen LogP contribution in [0, 0.1) is 17.2 Å². The van der Waals surface area contributed by atoms with Crippen LogP contribution in [0.2, 0.25) is 0 Å². The molecule has 1 aliphatic rings. The number of aromatic nitrogens is 1. The van der Waals surface area contributed by atoms with E-state index in [-0.39, 0.29) is 17.3 Å². The Hall–Kier alpha value is -2.33. The highest BCUT2D eigenvalue weighted by molar-refractivity contribution is 7.91. The first-order chi connectivity index (χ1) is 11.9. The van der Waals surface area contributed by atoms with Crippen molar-refractivity contribution in [3.63, 3.8) is 0 Å². The van der Waals surface area contributed by atoms with Crippen LogP contribution in [0.15, 0.2) is 35.4 Å². The van der Waals surface area contributed by atoms with Crippen molar-refractivity contribution >= 4 is 26.6 Å². The van der Waals surface area contributed by atoms with E-state index in [0.717, 1.165) is 25.9 Å². The third-order valence-electron chi connectivity index (χ3n) is 4.78. The summed E-state index contributed by atoms with van der Waals surface area (Å²) >= 11 is 0. The third-order valence-corrected chi connectivity index (χ3v) is 6.29. The van der Waals surface area contributed by atoms with Crippen LogP contribution in [0.3, 0.4) is 0 Å². The van der Waals surface area contributed by atoms with Crippen molar-refractivity contribution in [1.29, 1.82) is 5.26 Å². The number of piperidine rings is 1. The molecule has 1 aliphatic heterocycles. The number of para-hydroxylation sites is 1. The lowest BCUT2D eigenvalue weighted by Crippen LogP contribution is -2.39. The number of amides is 1. The fraction of sp³-hybridized carbons (Fsp3) is 0.444. The van der Waals surface area contributed by atoms with Gasteiger partial charge in [-0.2, -0.15) is 5.26 Å². The average Bonchev–Trinajstić information content (AvgIpc) is 2.95. The van der Waals surface area contributed by atoms with Gasteiger partial charge in [0.15, 0.2) is 9.84 Å². The summed E-state index contributed by atoms with van der Waals surface area (Å²) in [5.74, 6) is 0.0648. The molecule has 0 bridgehead atoms. The van der Waals surface area contributed by atoms with Gasteiger partial charge in [0, 0.05) is 30.2 Å². The molecule has 3 rings (SSSR count). The zero-order valence-electron chi connectivity index (χ0n) is 14.2. The molecule has 0 saturated carbocycles. The third kappa shape index (κ3) is 3.54. The largest absolute Gasteiger partial charge is 0.341 e. The summed E-state index contributed by atoms with van der Waals surface area (Å²) in [5.41, 5.74) is 0.692. The summed E-state index contributed by atoms with van der Waals surface area (Å²) in [5, 5.41) is 9.34. The molecule has 1 saturated heterocycles. The number of carbonyl (C=O) groups is 1. The molecular formula is C18H21N3O3S. The highest BCUT2D eigenvalue weighted by Gasteiger charge is 2.24. The molecule has 1 aromatic heterocycles. The summed E-state index contributed by atoms with van der Waals surface area (Å²) in [6, 6.07) is 8.78. The summed E-state index contributed by atoms with van der Waals surface area (Å²) < 4.78 is 26.4. The van der Waals surface area contributed by atoms with E-state index in [1.54, 1.807) is 28.8 Å². The Balaban J connectivity index is 1.92. The minimum atomic E-state index is -3.69. The molecule has 0 N–H and O–H groups in total. The molecule has 25 heavy (non-hydrogen) atoms. The molecule has 0 spiro atoms. The van der Waals surface area contributed by atoms with E-state index < -0.39 is 15.6 Å². The number of sulfone groups is 1. The molecule has 2 aromatic rings. The predicted molar refractivity (Wildman–Crippen MR) is 94.6 cm³/mol. The van der Waals surface area contributed by atoms with Gasteiger partial charge >= 0.3 is 0 Å². The van der Waals surface area contributed by atoms with Gasteiger partial charge in [-0.25, -0.2) is 8.42 Å². The van der Waals surface area contributed by atoms with Crippen molar-refractivity contribution in [2.45, 2.75) is 31.2 Å².